The zero-order valence-electron chi connectivity index (χ0n) is 13.0. The number of thiazole rings is 1. The zero-order chi connectivity index (χ0) is 16.4. The minimum Gasteiger partial charge on any atom is -0.368 e. The van der Waals surface area contributed by atoms with Gasteiger partial charge in [0.25, 0.3) is 5.56 Å². The Balaban J connectivity index is 1.70. The highest BCUT2D eigenvalue weighted by Crippen LogP contribution is 2.20. The number of nitrogens with one attached hydrogen (secondary N) is 1. The van der Waals surface area contributed by atoms with Crippen LogP contribution in [-0.4, -0.2) is 45.5 Å². The molecule has 1 aliphatic rings. The lowest BCUT2D eigenvalue weighted by atomic mass is 10.2. The second-order valence-electron chi connectivity index (χ2n) is 5.49. The van der Waals surface area contributed by atoms with E-state index in [-0.39, 0.29) is 17.6 Å². The van der Waals surface area contributed by atoms with Crippen molar-refractivity contribution in [2.75, 3.05) is 19.7 Å². The highest BCUT2D eigenvalue weighted by molar-refractivity contribution is 7.09. The number of hydrogen-bond acceptors (Lipinski definition) is 6. The van der Waals surface area contributed by atoms with Crippen molar-refractivity contribution in [2.24, 2.45) is 0 Å². The molecule has 1 saturated heterocycles. The number of rotatable bonds is 3. The number of amides is 1. The van der Waals surface area contributed by atoms with Gasteiger partial charge in [0.05, 0.1) is 36.0 Å². The maximum absolute atomic E-state index is 12.4. The fraction of sp³-hybridized carbons (Fsp3) is 0.467. The van der Waals surface area contributed by atoms with E-state index in [1.54, 1.807) is 11.8 Å². The standard InChI is InChI=1S/C15H18N4O3S/c1-9-16-12(6-14(20)17-9)13-7-19(3-4-22-13)15(21)5-11-8-23-10(2)18-11/h6,8,13H,3-5,7H2,1-2H3,(H,16,17,20)/t13-/m0/s1. The molecular weight excluding hydrogens is 316 g/mol. The van der Waals surface area contributed by atoms with Gasteiger partial charge in [-0.1, -0.05) is 0 Å². The highest BCUT2D eigenvalue weighted by Gasteiger charge is 2.27. The summed E-state index contributed by atoms with van der Waals surface area (Å²) in [6.07, 6.45) is -0.0790. The van der Waals surface area contributed by atoms with Crippen LogP contribution in [0.1, 0.15) is 28.3 Å². The van der Waals surface area contributed by atoms with E-state index in [4.69, 9.17) is 4.74 Å². The number of carbonyl (C=O) groups is 1. The number of aromatic amines is 1. The van der Waals surface area contributed by atoms with Gasteiger partial charge in [0.1, 0.15) is 11.9 Å². The van der Waals surface area contributed by atoms with E-state index in [1.807, 2.05) is 12.3 Å². The number of ether oxygens (including phenoxy) is 1. The molecule has 1 fully saturated rings. The van der Waals surface area contributed by atoms with E-state index >= 15 is 0 Å². The quantitative estimate of drug-likeness (QED) is 0.904. The molecule has 1 amide bonds. The first kappa shape index (κ1) is 15.8. The van der Waals surface area contributed by atoms with Gasteiger partial charge in [-0.25, -0.2) is 9.97 Å². The average Bonchev–Trinajstić information content (AvgIpc) is 2.91. The fourth-order valence-corrected chi connectivity index (χ4v) is 3.19. The Morgan fingerprint density at radius 3 is 3.00 bits per heavy atom. The first-order valence-electron chi connectivity index (χ1n) is 7.39. The molecule has 3 rings (SSSR count). The van der Waals surface area contributed by atoms with Crippen LogP contribution < -0.4 is 5.56 Å². The number of H-pyrrole nitrogens is 1. The van der Waals surface area contributed by atoms with E-state index in [9.17, 15) is 9.59 Å². The maximum atomic E-state index is 12.4. The van der Waals surface area contributed by atoms with Crippen molar-refractivity contribution in [3.8, 4) is 0 Å². The summed E-state index contributed by atoms with van der Waals surface area (Å²) < 4.78 is 5.69. The number of carbonyl (C=O) groups excluding carboxylic acids is 1. The lowest BCUT2D eigenvalue weighted by Gasteiger charge is -2.32. The minimum absolute atomic E-state index is 0.0187. The molecule has 0 bridgehead atoms. The smallest absolute Gasteiger partial charge is 0.251 e. The Kier molecular flexibility index (Phi) is 4.53. The third-order valence-electron chi connectivity index (χ3n) is 3.63. The Morgan fingerprint density at radius 1 is 1.48 bits per heavy atom. The number of hydrogen-bond donors (Lipinski definition) is 1. The molecule has 1 atom stereocenters. The fourth-order valence-electron chi connectivity index (χ4n) is 2.58. The van der Waals surface area contributed by atoms with Crippen molar-refractivity contribution < 1.29 is 9.53 Å². The van der Waals surface area contributed by atoms with Crippen LogP contribution in [-0.2, 0) is 16.0 Å². The molecular formula is C15H18N4O3S. The largest absolute Gasteiger partial charge is 0.368 e. The molecule has 0 spiro atoms. The Morgan fingerprint density at radius 2 is 2.30 bits per heavy atom. The third kappa shape index (κ3) is 3.83. The third-order valence-corrected chi connectivity index (χ3v) is 4.45. The normalized spacial score (nSPS) is 18.2. The van der Waals surface area contributed by atoms with E-state index in [0.717, 1.165) is 10.7 Å². The van der Waals surface area contributed by atoms with Crippen LogP contribution in [0.4, 0.5) is 0 Å². The highest BCUT2D eigenvalue weighted by atomic mass is 32.1. The van der Waals surface area contributed by atoms with Crippen LogP contribution in [0.15, 0.2) is 16.2 Å². The summed E-state index contributed by atoms with van der Waals surface area (Å²) in [7, 11) is 0. The van der Waals surface area contributed by atoms with Crippen molar-refractivity contribution in [3.05, 3.63) is 44.0 Å². The molecule has 0 aromatic carbocycles. The molecule has 0 saturated carbocycles. The molecule has 1 aliphatic heterocycles. The summed E-state index contributed by atoms with van der Waals surface area (Å²) in [6.45, 7) is 5.02. The van der Waals surface area contributed by atoms with Gasteiger partial charge < -0.3 is 14.6 Å². The Labute approximate surface area is 137 Å². The van der Waals surface area contributed by atoms with Gasteiger partial charge in [-0.15, -0.1) is 11.3 Å². The van der Waals surface area contributed by atoms with E-state index in [2.05, 4.69) is 15.0 Å². The molecule has 2 aromatic rings. The van der Waals surface area contributed by atoms with Gasteiger partial charge in [-0.3, -0.25) is 9.59 Å². The molecule has 2 aromatic heterocycles. The lowest BCUT2D eigenvalue weighted by molar-refractivity contribution is -0.138. The lowest BCUT2D eigenvalue weighted by Crippen LogP contribution is -2.43. The van der Waals surface area contributed by atoms with Crippen molar-refractivity contribution in [2.45, 2.75) is 26.4 Å². The first-order chi connectivity index (χ1) is 11.0. The molecule has 1 N–H and O–H groups in total. The molecule has 0 aliphatic carbocycles. The van der Waals surface area contributed by atoms with Crippen LogP contribution in [0.2, 0.25) is 0 Å². The number of morpholine rings is 1. The van der Waals surface area contributed by atoms with Crippen molar-refractivity contribution in [1.29, 1.82) is 0 Å². The summed E-state index contributed by atoms with van der Waals surface area (Å²) in [6, 6.07) is 1.43. The van der Waals surface area contributed by atoms with Gasteiger partial charge in [-0.05, 0) is 13.8 Å². The summed E-state index contributed by atoms with van der Waals surface area (Å²) in [5.41, 5.74) is 1.15. The van der Waals surface area contributed by atoms with Gasteiger partial charge in [0, 0.05) is 18.0 Å². The van der Waals surface area contributed by atoms with E-state index < -0.39 is 0 Å². The van der Waals surface area contributed by atoms with E-state index in [0.29, 0.717) is 37.6 Å². The zero-order valence-corrected chi connectivity index (χ0v) is 13.9. The van der Waals surface area contributed by atoms with Crippen LogP contribution in [0.3, 0.4) is 0 Å². The second kappa shape index (κ2) is 6.59. The topological polar surface area (TPSA) is 88.2 Å². The molecule has 8 heteroatoms. The number of aryl methyl sites for hydroxylation is 2. The summed E-state index contributed by atoms with van der Waals surface area (Å²) in [4.78, 5) is 37.0. The van der Waals surface area contributed by atoms with E-state index in [1.165, 1.54) is 17.4 Å². The predicted octanol–water partition coefficient (Wildman–Crippen LogP) is 0.986. The SMILES string of the molecule is Cc1nc([C@@H]2CN(C(=O)Cc3csc(C)n3)CCO2)cc(=O)[nH]1. The minimum atomic E-state index is -0.370. The average molecular weight is 334 g/mol. The summed E-state index contributed by atoms with van der Waals surface area (Å²) in [5.74, 6) is 0.558. The molecule has 0 radical (unpaired) electrons. The maximum Gasteiger partial charge on any atom is 0.251 e. The monoisotopic (exact) mass is 334 g/mol. The van der Waals surface area contributed by atoms with Crippen LogP contribution in [0, 0.1) is 13.8 Å². The number of nitrogens with zero attached hydrogens (tertiary/aromatic N) is 3. The number of aromatic nitrogens is 3. The Hall–Kier alpha value is -2.06. The molecule has 3 heterocycles. The van der Waals surface area contributed by atoms with Crippen molar-refractivity contribution >= 4 is 17.2 Å². The van der Waals surface area contributed by atoms with Crippen LogP contribution >= 0.6 is 11.3 Å². The van der Waals surface area contributed by atoms with Gasteiger partial charge >= 0.3 is 0 Å². The first-order valence-corrected chi connectivity index (χ1v) is 8.27. The Bertz CT molecular complexity index is 770. The van der Waals surface area contributed by atoms with Gasteiger partial charge in [0.15, 0.2) is 0 Å². The molecule has 0 unspecified atom stereocenters. The van der Waals surface area contributed by atoms with Gasteiger partial charge in [-0.2, -0.15) is 0 Å². The van der Waals surface area contributed by atoms with Crippen molar-refractivity contribution in [3.63, 3.8) is 0 Å². The van der Waals surface area contributed by atoms with Crippen LogP contribution in [0.5, 0.6) is 0 Å². The molecule has 7 nitrogen and oxygen atoms in total. The summed E-state index contributed by atoms with van der Waals surface area (Å²) in [5, 5.41) is 2.86. The second-order valence-corrected chi connectivity index (χ2v) is 6.55. The van der Waals surface area contributed by atoms with Crippen LogP contribution in [0.25, 0.3) is 0 Å². The molecule has 23 heavy (non-hydrogen) atoms. The van der Waals surface area contributed by atoms with Gasteiger partial charge in [0.2, 0.25) is 5.91 Å². The van der Waals surface area contributed by atoms with Crippen molar-refractivity contribution in [1.82, 2.24) is 19.9 Å². The summed E-state index contributed by atoms with van der Waals surface area (Å²) >= 11 is 1.54. The predicted molar refractivity (Wildman–Crippen MR) is 85.4 cm³/mol. The molecule has 122 valence electrons.